The number of hydrogen-bond donors (Lipinski definition) is 1. The second-order valence-corrected chi connectivity index (χ2v) is 3.92. The van der Waals surface area contributed by atoms with Crippen molar-refractivity contribution in [2.24, 2.45) is 0 Å². The van der Waals surface area contributed by atoms with E-state index in [1.807, 2.05) is 0 Å². The molecular weight excluding hydrogens is 257 g/mol. The van der Waals surface area contributed by atoms with Gasteiger partial charge in [-0.3, -0.25) is 4.79 Å². The minimum Gasteiger partial charge on any atom is -0.376 e. The number of carbonyl (C=O) groups excluding carboxylic acids is 1. The molecule has 0 saturated carbocycles. The third-order valence-electron chi connectivity index (χ3n) is 1.94. The van der Waals surface area contributed by atoms with Crippen molar-refractivity contribution in [1.29, 1.82) is 0 Å². The molecule has 1 aromatic rings. The lowest BCUT2D eigenvalue weighted by Gasteiger charge is -2.15. The van der Waals surface area contributed by atoms with Gasteiger partial charge in [-0.2, -0.15) is 13.2 Å². The fourth-order valence-corrected chi connectivity index (χ4v) is 1.50. The van der Waals surface area contributed by atoms with E-state index in [0.29, 0.717) is 5.69 Å². The maximum Gasteiger partial charge on any atom is 0.471 e. The Hall–Kier alpha value is -1.43. The zero-order valence-electron chi connectivity index (χ0n) is 9.10. The number of hydrogen-bond acceptors (Lipinski definition) is 2. The van der Waals surface area contributed by atoms with Crippen molar-refractivity contribution in [3.05, 3.63) is 23.2 Å². The molecule has 0 aliphatic heterocycles. The molecule has 7 heteroatoms. The molecule has 0 saturated heterocycles. The van der Waals surface area contributed by atoms with Crippen LogP contribution in [0.2, 0.25) is 5.02 Å². The summed E-state index contributed by atoms with van der Waals surface area (Å²) in [6, 6.07) is 4.14. The van der Waals surface area contributed by atoms with E-state index in [0.717, 1.165) is 0 Å². The first-order chi connectivity index (χ1) is 7.71. The van der Waals surface area contributed by atoms with Gasteiger partial charge in [0.1, 0.15) is 0 Å². The van der Waals surface area contributed by atoms with Crippen molar-refractivity contribution >= 4 is 28.9 Å². The van der Waals surface area contributed by atoms with Crippen LogP contribution in [0.5, 0.6) is 0 Å². The van der Waals surface area contributed by atoms with Gasteiger partial charge in [0.15, 0.2) is 0 Å². The van der Waals surface area contributed by atoms with Crippen LogP contribution in [0.3, 0.4) is 0 Å². The van der Waals surface area contributed by atoms with E-state index in [4.69, 9.17) is 11.6 Å². The van der Waals surface area contributed by atoms with Crippen LogP contribution in [0.1, 0.15) is 0 Å². The summed E-state index contributed by atoms with van der Waals surface area (Å²) < 4.78 is 36.0. The van der Waals surface area contributed by atoms with Crippen LogP contribution in [0.15, 0.2) is 18.2 Å². The van der Waals surface area contributed by atoms with Crippen LogP contribution < -0.4 is 10.2 Å². The zero-order chi connectivity index (χ0) is 13.2. The number of nitrogens with zero attached hydrogens (tertiary/aromatic N) is 1. The molecule has 1 amide bonds. The number of anilines is 2. The van der Waals surface area contributed by atoms with Crippen molar-refractivity contribution in [1.82, 2.24) is 0 Å². The maximum absolute atomic E-state index is 12.0. The first kappa shape index (κ1) is 13.6. The van der Waals surface area contributed by atoms with Gasteiger partial charge in [0, 0.05) is 19.8 Å². The van der Waals surface area contributed by atoms with Crippen molar-refractivity contribution in [2.45, 2.75) is 6.18 Å². The Labute approximate surface area is 101 Å². The second-order valence-electron chi connectivity index (χ2n) is 3.51. The van der Waals surface area contributed by atoms with E-state index in [9.17, 15) is 18.0 Å². The van der Waals surface area contributed by atoms with Crippen LogP contribution >= 0.6 is 11.6 Å². The summed E-state index contributed by atoms with van der Waals surface area (Å²) in [4.78, 5) is 12.4. The molecule has 0 bridgehead atoms. The van der Waals surface area contributed by atoms with Crippen molar-refractivity contribution in [3.63, 3.8) is 0 Å². The molecule has 0 spiro atoms. The van der Waals surface area contributed by atoms with Gasteiger partial charge in [-0.25, -0.2) is 0 Å². The Kier molecular flexibility index (Phi) is 3.87. The van der Waals surface area contributed by atoms with Crippen LogP contribution in [-0.2, 0) is 4.79 Å². The molecule has 1 rings (SSSR count). The van der Waals surface area contributed by atoms with Gasteiger partial charge < -0.3 is 10.2 Å². The van der Waals surface area contributed by atoms with E-state index in [2.05, 4.69) is 0 Å². The Bertz CT molecular complexity index is 432. The van der Waals surface area contributed by atoms with E-state index in [-0.39, 0.29) is 10.7 Å². The van der Waals surface area contributed by atoms with Gasteiger partial charge >= 0.3 is 12.1 Å². The minimum absolute atomic E-state index is 0.00271. The third kappa shape index (κ3) is 3.52. The van der Waals surface area contributed by atoms with E-state index < -0.39 is 12.1 Å². The van der Waals surface area contributed by atoms with Gasteiger partial charge in [-0.1, -0.05) is 11.6 Å². The predicted octanol–water partition coefficient (Wildman–Crippen LogP) is 2.91. The van der Waals surface area contributed by atoms with Crippen LogP contribution in [0, 0.1) is 0 Å². The van der Waals surface area contributed by atoms with Gasteiger partial charge in [0.05, 0.1) is 10.7 Å². The molecule has 0 radical (unpaired) electrons. The molecule has 0 atom stereocenters. The Balaban J connectivity index is 2.89. The molecule has 1 aromatic carbocycles. The van der Waals surface area contributed by atoms with Gasteiger partial charge in [-0.05, 0) is 18.2 Å². The predicted molar refractivity (Wildman–Crippen MR) is 60.5 cm³/mol. The zero-order valence-corrected chi connectivity index (χ0v) is 9.86. The van der Waals surface area contributed by atoms with Gasteiger partial charge in [0.25, 0.3) is 0 Å². The smallest absolute Gasteiger partial charge is 0.376 e. The van der Waals surface area contributed by atoms with Crippen molar-refractivity contribution in [2.75, 3.05) is 24.3 Å². The largest absolute Gasteiger partial charge is 0.471 e. The van der Waals surface area contributed by atoms with Crippen molar-refractivity contribution < 1.29 is 18.0 Å². The number of halogens is 4. The average Bonchev–Trinajstić information content (AvgIpc) is 2.15. The Morgan fingerprint density at radius 1 is 1.35 bits per heavy atom. The highest BCUT2D eigenvalue weighted by Crippen LogP contribution is 2.28. The second kappa shape index (κ2) is 4.83. The fourth-order valence-electron chi connectivity index (χ4n) is 1.15. The lowest BCUT2D eigenvalue weighted by Crippen LogP contribution is -2.29. The molecule has 94 valence electrons. The topological polar surface area (TPSA) is 32.3 Å². The van der Waals surface area contributed by atoms with Crippen LogP contribution in [-0.4, -0.2) is 26.2 Å². The molecule has 17 heavy (non-hydrogen) atoms. The molecule has 0 unspecified atom stereocenters. The molecule has 0 aromatic heterocycles. The summed E-state index contributed by atoms with van der Waals surface area (Å²) in [5, 5.41) is 1.98. The van der Waals surface area contributed by atoms with Crippen LogP contribution in [0.25, 0.3) is 0 Å². The summed E-state index contributed by atoms with van der Waals surface area (Å²) in [6.07, 6.45) is -4.91. The molecule has 0 aliphatic rings. The fraction of sp³-hybridized carbons (Fsp3) is 0.300. The van der Waals surface area contributed by atoms with Gasteiger partial charge in [0.2, 0.25) is 0 Å². The average molecular weight is 267 g/mol. The summed E-state index contributed by atoms with van der Waals surface area (Å²) in [6.45, 7) is 0. The number of rotatable bonds is 2. The van der Waals surface area contributed by atoms with E-state index in [1.165, 1.54) is 18.2 Å². The Morgan fingerprint density at radius 3 is 2.35 bits per heavy atom. The monoisotopic (exact) mass is 266 g/mol. The molecule has 1 N–H and O–H groups in total. The SMILES string of the molecule is CN(C)c1ccc(NC(=O)C(F)(F)F)cc1Cl. The minimum atomic E-state index is -4.91. The summed E-state index contributed by atoms with van der Waals surface area (Å²) >= 11 is 5.85. The molecule has 0 fully saturated rings. The van der Waals surface area contributed by atoms with E-state index in [1.54, 1.807) is 24.3 Å². The number of nitrogens with one attached hydrogen (secondary N) is 1. The highest BCUT2D eigenvalue weighted by molar-refractivity contribution is 6.33. The quantitative estimate of drug-likeness (QED) is 0.893. The summed E-state index contributed by atoms with van der Waals surface area (Å²) in [7, 11) is 3.49. The van der Waals surface area contributed by atoms with Crippen molar-refractivity contribution in [3.8, 4) is 0 Å². The molecule has 3 nitrogen and oxygen atoms in total. The first-order valence-electron chi connectivity index (χ1n) is 4.57. The Morgan fingerprint density at radius 2 is 1.94 bits per heavy atom. The van der Waals surface area contributed by atoms with Crippen LogP contribution in [0.4, 0.5) is 24.5 Å². The maximum atomic E-state index is 12.0. The molecule has 0 heterocycles. The number of benzene rings is 1. The highest BCUT2D eigenvalue weighted by atomic mass is 35.5. The summed E-state index contributed by atoms with van der Waals surface area (Å²) in [5.41, 5.74) is 0.652. The number of amides is 1. The first-order valence-corrected chi connectivity index (χ1v) is 4.94. The summed E-state index contributed by atoms with van der Waals surface area (Å²) in [5.74, 6) is -2.02. The lowest BCUT2D eigenvalue weighted by molar-refractivity contribution is -0.167. The normalized spacial score (nSPS) is 11.2. The highest BCUT2D eigenvalue weighted by Gasteiger charge is 2.38. The van der Waals surface area contributed by atoms with E-state index >= 15 is 0 Å². The molecular formula is C10H10ClF3N2O. The number of carbonyl (C=O) groups is 1. The lowest BCUT2D eigenvalue weighted by atomic mass is 10.2. The standard InChI is InChI=1S/C10H10ClF3N2O/c1-16(2)8-4-3-6(5-7(8)11)15-9(17)10(12,13)14/h3-5H,1-2H3,(H,15,17). The number of alkyl halides is 3. The molecule has 0 aliphatic carbocycles. The third-order valence-corrected chi connectivity index (χ3v) is 2.25. The van der Waals surface area contributed by atoms with Gasteiger partial charge in [-0.15, -0.1) is 0 Å².